The van der Waals surface area contributed by atoms with Crippen LogP contribution in [-0.4, -0.2) is 21.8 Å². The lowest BCUT2D eigenvalue weighted by molar-refractivity contribution is -0.274. The minimum Gasteiger partial charge on any atom is -0.406 e. The van der Waals surface area contributed by atoms with Crippen LogP contribution < -0.4 is 10.3 Å². The first-order chi connectivity index (χ1) is 7.46. The Labute approximate surface area is 85.8 Å². The highest BCUT2D eigenvalue weighted by atomic mass is 19.4. The Morgan fingerprint density at radius 1 is 1.31 bits per heavy atom. The molecule has 0 radical (unpaired) electrons. The number of nitrogens with zero attached hydrogens (tertiary/aromatic N) is 2. The Hall–Kier alpha value is -2.12. The van der Waals surface area contributed by atoms with Crippen LogP contribution in [0.3, 0.4) is 0 Å². The zero-order valence-corrected chi connectivity index (χ0v) is 7.58. The fraction of sp³-hybridized carbons (Fsp3) is 0.125. The topological polar surface area (TPSA) is 67.9 Å². The molecule has 1 heterocycles. The number of halogens is 3. The Balaban J connectivity index is 2.49. The number of alkyl halides is 3. The summed E-state index contributed by atoms with van der Waals surface area (Å²) in [7, 11) is 0. The third kappa shape index (κ3) is 2.10. The van der Waals surface area contributed by atoms with Crippen molar-refractivity contribution in [3.8, 4) is 5.75 Å². The van der Waals surface area contributed by atoms with Crippen molar-refractivity contribution in [2.24, 2.45) is 0 Å². The van der Waals surface area contributed by atoms with Crippen LogP contribution in [0.4, 0.5) is 13.2 Å². The van der Waals surface area contributed by atoms with E-state index in [0.29, 0.717) is 0 Å². The lowest BCUT2D eigenvalue weighted by Crippen LogP contribution is -2.17. The van der Waals surface area contributed by atoms with Gasteiger partial charge in [-0.05, 0) is 12.1 Å². The van der Waals surface area contributed by atoms with E-state index in [1.54, 1.807) is 0 Å². The summed E-state index contributed by atoms with van der Waals surface area (Å²) in [5.74, 6) is -0.445. The maximum atomic E-state index is 11.9. The number of aromatic nitrogens is 3. The average molecular weight is 231 g/mol. The molecule has 84 valence electrons. The van der Waals surface area contributed by atoms with Crippen LogP contribution in [0.5, 0.6) is 5.75 Å². The van der Waals surface area contributed by atoms with Crippen molar-refractivity contribution in [1.82, 2.24) is 15.4 Å². The van der Waals surface area contributed by atoms with Gasteiger partial charge in [-0.2, -0.15) is 0 Å². The number of rotatable bonds is 1. The minimum atomic E-state index is -4.78. The Bertz CT molecular complexity index is 578. The van der Waals surface area contributed by atoms with Crippen LogP contribution in [0.1, 0.15) is 0 Å². The standard InChI is InChI=1S/C8H4F3N3O2/c9-8(10,11)16-4-1-2-5-6(3-4)12-14-13-7(5)15/h1-3H,(H,12,13,15). The van der Waals surface area contributed by atoms with E-state index in [1.165, 1.54) is 6.07 Å². The molecule has 16 heavy (non-hydrogen) atoms. The van der Waals surface area contributed by atoms with Crippen molar-refractivity contribution in [2.45, 2.75) is 6.36 Å². The smallest absolute Gasteiger partial charge is 0.406 e. The Morgan fingerprint density at radius 3 is 2.75 bits per heavy atom. The molecule has 1 aromatic carbocycles. The van der Waals surface area contributed by atoms with Crippen LogP contribution in [0.15, 0.2) is 23.0 Å². The van der Waals surface area contributed by atoms with Crippen molar-refractivity contribution in [3.63, 3.8) is 0 Å². The van der Waals surface area contributed by atoms with Crippen molar-refractivity contribution < 1.29 is 17.9 Å². The molecule has 0 aliphatic rings. The van der Waals surface area contributed by atoms with Gasteiger partial charge in [-0.25, -0.2) is 5.10 Å². The Morgan fingerprint density at radius 2 is 2.06 bits per heavy atom. The van der Waals surface area contributed by atoms with Gasteiger partial charge >= 0.3 is 6.36 Å². The first-order valence-electron chi connectivity index (χ1n) is 4.06. The van der Waals surface area contributed by atoms with Gasteiger partial charge in [0.05, 0.1) is 5.39 Å². The molecular formula is C8H4F3N3O2. The minimum absolute atomic E-state index is 0.0329. The van der Waals surface area contributed by atoms with E-state index in [4.69, 9.17) is 0 Å². The van der Waals surface area contributed by atoms with E-state index in [9.17, 15) is 18.0 Å². The molecule has 0 unspecified atom stereocenters. The quantitative estimate of drug-likeness (QED) is 0.801. The van der Waals surface area contributed by atoms with Gasteiger partial charge in [-0.3, -0.25) is 4.79 Å². The van der Waals surface area contributed by atoms with Crippen LogP contribution in [0.2, 0.25) is 0 Å². The van der Waals surface area contributed by atoms with Gasteiger partial charge in [0, 0.05) is 6.07 Å². The normalized spacial score (nSPS) is 11.7. The summed E-state index contributed by atoms with van der Waals surface area (Å²) in [6, 6.07) is 3.21. The van der Waals surface area contributed by atoms with E-state index in [-0.39, 0.29) is 10.9 Å². The molecule has 0 saturated heterocycles. The average Bonchev–Trinajstić information content (AvgIpc) is 2.15. The largest absolute Gasteiger partial charge is 0.573 e. The molecule has 0 saturated carbocycles. The van der Waals surface area contributed by atoms with Crippen molar-refractivity contribution >= 4 is 10.9 Å². The van der Waals surface area contributed by atoms with Gasteiger partial charge in [-0.1, -0.05) is 5.21 Å². The Kier molecular flexibility index (Phi) is 2.26. The maximum Gasteiger partial charge on any atom is 0.573 e. The molecular weight excluding hydrogens is 227 g/mol. The van der Waals surface area contributed by atoms with Crippen molar-refractivity contribution in [2.75, 3.05) is 0 Å². The summed E-state index contributed by atoms with van der Waals surface area (Å²) < 4.78 is 39.4. The first-order valence-corrected chi connectivity index (χ1v) is 4.06. The second kappa shape index (κ2) is 3.47. The van der Waals surface area contributed by atoms with E-state index in [2.05, 4.69) is 20.1 Å². The second-order valence-electron chi connectivity index (χ2n) is 2.87. The molecule has 5 nitrogen and oxygen atoms in total. The number of ether oxygens (including phenoxy) is 1. The molecule has 8 heteroatoms. The van der Waals surface area contributed by atoms with E-state index >= 15 is 0 Å². The predicted octanol–water partition coefficient (Wildman–Crippen LogP) is 1.22. The highest BCUT2D eigenvalue weighted by molar-refractivity contribution is 5.78. The zero-order chi connectivity index (χ0) is 11.8. The zero-order valence-electron chi connectivity index (χ0n) is 7.58. The summed E-state index contributed by atoms with van der Waals surface area (Å²) in [5.41, 5.74) is -0.492. The summed E-state index contributed by atoms with van der Waals surface area (Å²) in [6.45, 7) is 0. The fourth-order valence-corrected chi connectivity index (χ4v) is 1.17. The summed E-state index contributed by atoms with van der Waals surface area (Å²) in [6.07, 6.45) is -4.78. The third-order valence-electron chi connectivity index (χ3n) is 1.76. The van der Waals surface area contributed by atoms with Crippen LogP contribution in [-0.2, 0) is 0 Å². The molecule has 0 fully saturated rings. The molecule has 0 aliphatic heterocycles. The van der Waals surface area contributed by atoms with E-state index in [0.717, 1.165) is 12.1 Å². The summed E-state index contributed by atoms with van der Waals surface area (Å²) in [5, 5.41) is 8.91. The van der Waals surface area contributed by atoms with Gasteiger partial charge < -0.3 is 4.74 Å². The fourth-order valence-electron chi connectivity index (χ4n) is 1.17. The maximum absolute atomic E-state index is 11.9. The predicted molar refractivity (Wildman–Crippen MR) is 46.8 cm³/mol. The molecule has 1 N–H and O–H groups in total. The number of hydrogen-bond acceptors (Lipinski definition) is 4. The molecule has 2 rings (SSSR count). The summed E-state index contributed by atoms with van der Waals surface area (Å²) >= 11 is 0. The van der Waals surface area contributed by atoms with Gasteiger partial charge in [0.2, 0.25) is 0 Å². The molecule has 1 aromatic heterocycles. The van der Waals surface area contributed by atoms with Gasteiger partial charge in [0.1, 0.15) is 11.3 Å². The number of nitrogens with one attached hydrogen (secondary N) is 1. The van der Waals surface area contributed by atoms with Gasteiger partial charge in [0.25, 0.3) is 5.56 Å². The molecule has 0 bridgehead atoms. The van der Waals surface area contributed by atoms with Crippen LogP contribution >= 0.6 is 0 Å². The molecule has 0 amide bonds. The lowest BCUT2D eigenvalue weighted by Gasteiger charge is -2.08. The van der Waals surface area contributed by atoms with Crippen molar-refractivity contribution in [1.29, 1.82) is 0 Å². The van der Waals surface area contributed by atoms with Crippen LogP contribution in [0.25, 0.3) is 10.9 Å². The molecule has 0 atom stereocenters. The van der Waals surface area contributed by atoms with Gasteiger partial charge in [-0.15, -0.1) is 18.3 Å². The molecule has 0 spiro atoms. The van der Waals surface area contributed by atoms with Crippen molar-refractivity contribution in [3.05, 3.63) is 28.6 Å². The highest BCUT2D eigenvalue weighted by Crippen LogP contribution is 2.24. The molecule has 0 aliphatic carbocycles. The number of benzene rings is 1. The number of hydrogen-bond donors (Lipinski definition) is 1. The SMILES string of the molecule is O=c1[nH]nnc2cc(OC(F)(F)F)ccc12. The number of fused-ring (bicyclic) bond motifs is 1. The van der Waals surface area contributed by atoms with E-state index < -0.39 is 17.7 Å². The second-order valence-corrected chi connectivity index (χ2v) is 2.87. The monoisotopic (exact) mass is 231 g/mol. The first kappa shape index (κ1) is 10.4. The highest BCUT2D eigenvalue weighted by Gasteiger charge is 2.31. The summed E-state index contributed by atoms with van der Waals surface area (Å²) in [4.78, 5) is 11.2. The molecule has 2 aromatic rings. The number of H-pyrrole nitrogens is 1. The number of aromatic amines is 1. The third-order valence-corrected chi connectivity index (χ3v) is 1.76. The lowest BCUT2D eigenvalue weighted by atomic mass is 10.2. The van der Waals surface area contributed by atoms with Gasteiger partial charge in [0.15, 0.2) is 0 Å². The van der Waals surface area contributed by atoms with E-state index in [1.807, 2.05) is 0 Å². The van der Waals surface area contributed by atoms with Crippen LogP contribution in [0, 0.1) is 0 Å².